The Bertz CT molecular complexity index is 1260. The molecule has 0 atom stereocenters. The highest BCUT2D eigenvalue weighted by molar-refractivity contribution is 6.01. The summed E-state index contributed by atoms with van der Waals surface area (Å²) < 4.78 is 0. The minimum atomic E-state index is -0.0400. The lowest BCUT2D eigenvalue weighted by molar-refractivity contribution is 0.170. The number of urea groups is 1. The van der Waals surface area contributed by atoms with Crippen LogP contribution in [0.5, 0.6) is 0 Å². The Hall–Kier alpha value is -3.63. The van der Waals surface area contributed by atoms with Gasteiger partial charge in [0.2, 0.25) is 0 Å². The van der Waals surface area contributed by atoms with E-state index in [4.69, 9.17) is 0 Å². The van der Waals surface area contributed by atoms with Crippen molar-refractivity contribution in [3.8, 4) is 0 Å². The maximum Gasteiger partial charge on any atom is 0.322 e. The predicted molar refractivity (Wildman–Crippen MR) is 154 cm³/mol. The van der Waals surface area contributed by atoms with Crippen molar-refractivity contribution < 1.29 is 4.79 Å². The van der Waals surface area contributed by atoms with Crippen LogP contribution in [0, 0.1) is 5.92 Å². The van der Waals surface area contributed by atoms with E-state index in [1.54, 1.807) is 0 Å². The molecule has 0 aromatic heterocycles. The van der Waals surface area contributed by atoms with Crippen molar-refractivity contribution in [3.63, 3.8) is 0 Å². The lowest BCUT2D eigenvalue weighted by Crippen LogP contribution is -2.39. The lowest BCUT2D eigenvalue weighted by atomic mass is 9.90. The largest absolute Gasteiger partial charge is 0.322 e. The number of rotatable bonds is 9. The van der Waals surface area contributed by atoms with E-state index >= 15 is 0 Å². The summed E-state index contributed by atoms with van der Waals surface area (Å²) >= 11 is 0. The smallest absolute Gasteiger partial charge is 0.320 e. The molecular weight excluding hydrogens is 454 g/mol. The number of nitrogens with zero attached hydrogens (tertiary/aromatic N) is 2. The molecule has 1 N–H and O–H groups in total. The van der Waals surface area contributed by atoms with E-state index in [2.05, 4.69) is 70.9 Å². The molecule has 0 radical (unpaired) electrons. The van der Waals surface area contributed by atoms with E-state index in [-0.39, 0.29) is 6.03 Å². The molecule has 4 nitrogen and oxygen atoms in total. The van der Waals surface area contributed by atoms with Crippen molar-refractivity contribution in [3.05, 3.63) is 114 Å². The van der Waals surface area contributed by atoms with Crippen LogP contribution in [0.25, 0.3) is 10.8 Å². The lowest BCUT2D eigenvalue weighted by Gasteiger charge is -2.32. The zero-order valence-electron chi connectivity index (χ0n) is 21.6. The highest BCUT2D eigenvalue weighted by Gasteiger charge is 2.20. The van der Waals surface area contributed by atoms with Gasteiger partial charge in [-0.3, -0.25) is 0 Å². The van der Waals surface area contributed by atoms with E-state index in [1.807, 2.05) is 47.4 Å². The molecule has 0 unspecified atom stereocenters. The van der Waals surface area contributed by atoms with Crippen molar-refractivity contribution in [2.45, 2.75) is 32.2 Å². The summed E-state index contributed by atoms with van der Waals surface area (Å²) in [6.07, 6.45) is 4.67. The summed E-state index contributed by atoms with van der Waals surface area (Å²) in [7, 11) is 0. The minimum absolute atomic E-state index is 0.0400. The second-order valence-electron chi connectivity index (χ2n) is 10.2. The van der Waals surface area contributed by atoms with Crippen molar-refractivity contribution in [2.75, 3.05) is 31.5 Å². The third kappa shape index (κ3) is 6.99. The van der Waals surface area contributed by atoms with E-state index in [1.165, 1.54) is 24.8 Å². The Labute approximate surface area is 220 Å². The van der Waals surface area contributed by atoms with Gasteiger partial charge in [0.1, 0.15) is 0 Å². The molecule has 1 saturated heterocycles. The first-order valence-electron chi connectivity index (χ1n) is 13.6. The average molecular weight is 492 g/mol. The molecule has 4 aromatic rings. The first-order valence-corrected chi connectivity index (χ1v) is 13.6. The number of benzene rings is 4. The average Bonchev–Trinajstić information content (AvgIpc) is 2.95. The third-order valence-electron chi connectivity index (χ3n) is 7.51. The van der Waals surface area contributed by atoms with E-state index in [0.717, 1.165) is 60.5 Å². The van der Waals surface area contributed by atoms with Gasteiger partial charge in [0.25, 0.3) is 0 Å². The normalized spacial score (nSPS) is 14.5. The molecule has 4 heteroatoms. The number of hydrogen-bond donors (Lipinski definition) is 1. The summed E-state index contributed by atoms with van der Waals surface area (Å²) in [6.45, 7) is 4.67. The Balaban J connectivity index is 1.16. The van der Waals surface area contributed by atoms with E-state index in [0.29, 0.717) is 6.54 Å². The van der Waals surface area contributed by atoms with Crippen LogP contribution in [0.1, 0.15) is 30.4 Å². The molecule has 1 aliphatic heterocycles. The van der Waals surface area contributed by atoms with Gasteiger partial charge in [-0.25, -0.2) is 4.79 Å². The van der Waals surface area contributed by atoms with Crippen LogP contribution in [0.15, 0.2) is 103 Å². The molecule has 37 heavy (non-hydrogen) atoms. The Morgan fingerprint density at radius 3 is 2.19 bits per heavy atom. The first kappa shape index (κ1) is 25.0. The van der Waals surface area contributed by atoms with Crippen molar-refractivity contribution >= 4 is 22.5 Å². The quantitative estimate of drug-likeness (QED) is 0.268. The molecule has 1 heterocycles. The molecule has 2 amide bonds. The van der Waals surface area contributed by atoms with Gasteiger partial charge in [0.05, 0.1) is 5.69 Å². The Kier molecular flexibility index (Phi) is 8.50. The van der Waals surface area contributed by atoms with Gasteiger partial charge in [-0.15, -0.1) is 0 Å². The SMILES string of the molecule is O=C(Nc1cccc2ccccc12)N(CCCN1CCC(Cc2ccccc2)CC1)Cc1ccccc1. The van der Waals surface area contributed by atoms with Gasteiger partial charge in [-0.2, -0.15) is 0 Å². The Morgan fingerprint density at radius 2 is 1.43 bits per heavy atom. The van der Waals surface area contributed by atoms with Gasteiger partial charge in [-0.05, 0) is 73.8 Å². The number of amides is 2. The van der Waals surface area contributed by atoms with Gasteiger partial charge in [0, 0.05) is 18.5 Å². The van der Waals surface area contributed by atoms with Gasteiger partial charge in [0.15, 0.2) is 0 Å². The van der Waals surface area contributed by atoms with E-state index in [9.17, 15) is 4.79 Å². The van der Waals surface area contributed by atoms with Crippen LogP contribution in [0.2, 0.25) is 0 Å². The van der Waals surface area contributed by atoms with Crippen LogP contribution in [0.3, 0.4) is 0 Å². The molecule has 0 saturated carbocycles. The number of nitrogens with one attached hydrogen (secondary N) is 1. The molecule has 190 valence electrons. The number of anilines is 1. The molecule has 1 aliphatic rings. The van der Waals surface area contributed by atoms with Crippen LogP contribution in [-0.2, 0) is 13.0 Å². The number of carbonyl (C=O) groups is 1. The summed E-state index contributed by atoms with van der Waals surface area (Å²) in [5.41, 5.74) is 3.47. The standard InChI is InChI=1S/C33H37N3O/c37-33(34-32-18-9-16-30-15-7-8-17-31(30)32)36(26-29-13-5-2-6-14-29)22-10-21-35-23-19-28(20-24-35)25-27-11-3-1-4-12-27/h1-9,11-18,28H,10,19-26H2,(H,34,37). The van der Waals surface area contributed by atoms with Crippen LogP contribution in [-0.4, -0.2) is 42.0 Å². The van der Waals surface area contributed by atoms with Crippen molar-refractivity contribution in [1.29, 1.82) is 0 Å². The third-order valence-corrected chi connectivity index (χ3v) is 7.51. The number of carbonyl (C=O) groups excluding carboxylic acids is 1. The van der Waals surface area contributed by atoms with Crippen molar-refractivity contribution in [2.24, 2.45) is 5.92 Å². The zero-order valence-corrected chi connectivity index (χ0v) is 21.6. The molecule has 0 bridgehead atoms. The minimum Gasteiger partial charge on any atom is -0.320 e. The zero-order chi connectivity index (χ0) is 25.3. The van der Waals surface area contributed by atoms with Gasteiger partial charge >= 0.3 is 6.03 Å². The van der Waals surface area contributed by atoms with Crippen LogP contribution >= 0.6 is 0 Å². The molecule has 0 spiro atoms. The van der Waals surface area contributed by atoms with Gasteiger partial charge in [-0.1, -0.05) is 97.1 Å². The summed E-state index contributed by atoms with van der Waals surface area (Å²) in [5, 5.41) is 5.39. The number of hydrogen-bond acceptors (Lipinski definition) is 2. The Morgan fingerprint density at radius 1 is 0.784 bits per heavy atom. The molecule has 4 aromatic carbocycles. The monoisotopic (exact) mass is 491 g/mol. The molecule has 5 rings (SSSR count). The number of fused-ring (bicyclic) bond motifs is 1. The summed E-state index contributed by atoms with van der Waals surface area (Å²) in [5.74, 6) is 0.778. The number of piperidine rings is 1. The fraction of sp³-hybridized carbons (Fsp3) is 0.303. The number of likely N-dealkylation sites (tertiary alicyclic amines) is 1. The molecule has 0 aliphatic carbocycles. The fourth-order valence-corrected chi connectivity index (χ4v) is 5.43. The molecular formula is C33H37N3O. The first-order chi connectivity index (χ1) is 18.2. The highest BCUT2D eigenvalue weighted by Crippen LogP contribution is 2.24. The van der Waals surface area contributed by atoms with Crippen molar-refractivity contribution in [1.82, 2.24) is 9.80 Å². The maximum absolute atomic E-state index is 13.5. The van der Waals surface area contributed by atoms with Gasteiger partial charge < -0.3 is 15.1 Å². The fourth-order valence-electron chi connectivity index (χ4n) is 5.43. The van der Waals surface area contributed by atoms with E-state index < -0.39 is 0 Å². The summed E-state index contributed by atoms with van der Waals surface area (Å²) in [4.78, 5) is 18.0. The highest BCUT2D eigenvalue weighted by atomic mass is 16.2. The van der Waals surface area contributed by atoms with Crippen LogP contribution < -0.4 is 5.32 Å². The second kappa shape index (κ2) is 12.6. The predicted octanol–water partition coefficient (Wildman–Crippen LogP) is 7.22. The molecule has 1 fully saturated rings. The van der Waals surface area contributed by atoms with Crippen LogP contribution in [0.4, 0.5) is 10.5 Å². The summed E-state index contributed by atoms with van der Waals surface area (Å²) in [6, 6.07) is 35.4. The topological polar surface area (TPSA) is 35.6 Å². The maximum atomic E-state index is 13.5. The second-order valence-corrected chi connectivity index (χ2v) is 10.2.